The minimum atomic E-state index is 1.02. The van der Waals surface area contributed by atoms with Crippen molar-refractivity contribution in [3.05, 3.63) is 128 Å². The van der Waals surface area contributed by atoms with Crippen LogP contribution in [0.2, 0.25) is 0 Å². The van der Waals surface area contributed by atoms with Crippen molar-refractivity contribution >= 4 is 75.3 Å². The standard InChI is InChI=1S/C35H21N3S/c1-2-11-22(12-3-1)37-28-17-7-4-13-23(28)27-21-36-32-26-15-5-8-18-29(26)38(34(32)33(27)37)30-19-10-16-25-24-14-6-9-20-31(24)39-35(25)30/h1-21H. The van der Waals surface area contributed by atoms with Gasteiger partial charge >= 0.3 is 0 Å². The molecule has 0 fully saturated rings. The van der Waals surface area contributed by atoms with Gasteiger partial charge in [-0.3, -0.25) is 4.98 Å². The van der Waals surface area contributed by atoms with Crippen LogP contribution in [0.4, 0.5) is 0 Å². The quantitative estimate of drug-likeness (QED) is 0.225. The molecular formula is C35H21N3S. The van der Waals surface area contributed by atoms with Gasteiger partial charge in [-0.2, -0.15) is 0 Å². The van der Waals surface area contributed by atoms with E-state index >= 15 is 0 Å². The van der Waals surface area contributed by atoms with Gasteiger partial charge in [-0.15, -0.1) is 11.3 Å². The van der Waals surface area contributed by atoms with Crippen LogP contribution in [0.15, 0.2) is 128 Å². The van der Waals surface area contributed by atoms with Gasteiger partial charge in [0, 0.05) is 43.5 Å². The molecule has 0 bridgehead atoms. The SMILES string of the molecule is c1ccc(-n2c3ccccc3c3cnc4c5ccccc5n(-c5cccc6c5sc5ccccc56)c4c32)cc1. The highest BCUT2D eigenvalue weighted by molar-refractivity contribution is 7.26. The summed E-state index contributed by atoms with van der Waals surface area (Å²) in [6.45, 7) is 0. The van der Waals surface area contributed by atoms with Crippen LogP contribution in [0, 0.1) is 0 Å². The molecule has 3 nitrogen and oxygen atoms in total. The molecule has 0 N–H and O–H groups in total. The topological polar surface area (TPSA) is 22.8 Å². The van der Waals surface area contributed by atoms with Crippen LogP contribution in [0.5, 0.6) is 0 Å². The van der Waals surface area contributed by atoms with E-state index in [0.29, 0.717) is 0 Å². The summed E-state index contributed by atoms with van der Waals surface area (Å²) in [5.74, 6) is 0. The molecule has 9 rings (SSSR count). The van der Waals surface area contributed by atoms with E-state index in [1.165, 1.54) is 47.8 Å². The molecule has 182 valence electrons. The lowest BCUT2D eigenvalue weighted by molar-refractivity contribution is 1.15. The van der Waals surface area contributed by atoms with Gasteiger partial charge in [-0.25, -0.2) is 0 Å². The van der Waals surface area contributed by atoms with E-state index in [4.69, 9.17) is 4.98 Å². The van der Waals surface area contributed by atoms with Crippen molar-refractivity contribution in [2.75, 3.05) is 0 Å². The van der Waals surface area contributed by atoms with Gasteiger partial charge in [-0.1, -0.05) is 84.9 Å². The minimum Gasteiger partial charge on any atom is -0.307 e. The Balaban J connectivity index is 1.56. The maximum Gasteiger partial charge on any atom is 0.0985 e. The average molecular weight is 516 g/mol. The van der Waals surface area contributed by atoms with E-state index in [0.717, 1.165) is 27.5 Å². The molecule has 9 aromatic rings. The predicted molar refractivity (Wildman–Crippen MR) is 166 cm³/mol. The normalized spacial score (nSPS) is 12.1. The molecule has 0 spiro atoms. The van der Waals surface area contributed by atoms with Crippen LogP contribution in [0.25, 0.3) is 75.3 Å². The van der Waals surface area contributed by atoms with Crippen LogP contribution in [0.3, 0.4) is 0 Å². The fourth-order valence-corrected chi connectivity index (χ4v) is 7.54. The van der Waals surface area contributed by atoms with Gasteiger partial charge in [0.25, 0.3) is 0 Å². The molecule has 4 aromatic heterocycles. The number of para-hydroxylation sites is 3. The van der Waals surface area contributed by atoms with Crippen molar-refractivity contribution in [3.8, 4) is 11.4 Å². The third-order valence-electron chi connectivity index (χ3n) is 7.95. The predicted octanol–water partition coefficient (Wildman–Crippen LogP) is 9.64. The molecule has 4 heterocycles. The smallest absolute Gasteiger partial charge is 0.0985 e. The van der Waals surface area contributed by atoms with E-state index in [2.05, 4.69) is 137 Å². The first-order valence-electron chi connectivity index (χ1n) is 13.2. The van der Waals surface area contributed by atoms with Gasteiger partial charge < -0.3 is 9.13 Å². The molecule has 0 unspecified atom stereocenters. The molecule has 0 aliphatic rings. The summed E-state index contributed by atoms with van der Waals surface area (Å²) >= 11 is 1.87. The second kappa shape index (κ2) is 7.79. The largest absolute Gasteiger partial charge is 0.307 e. The second-order valence-electron chi connectivity index (χ2n) is 10.0. The van der Waals surface area contributed by atoms with Crippen molar-refractivity contribution in [1.82, 2.24) is 14.1 Å². The number of hydrogen-bond donors (Lipinski definition) is 0. The highest BCUT2D eigenvalue weighted by Crippen LogP contribution is 2.43. The Hall–Kier alpha value is -4.93. The van der Waals surface area contributed by atoms with Gasteiger partial charge in [0.15, 0.2) is 0 Å². The fraction of sp³-hybridized carbons (Fsp3) is 0. The highest BCUT2D eigenvalue weighted by atomic mass is 32.1. The maximum atomic E-state index is 5.13. The number of hydrogen-bond acceptors (Lipinski definition) is 2. The third kappa shape index (κ3) is 2.78. The fourth-order valence-electron chi connectivity index (χ4n) is 6.33. The summed E-state index contributed by atoms with van der Waals surface area (Å²) in [5, 5.41) is 6.14. The Morgan fingerprint density at radius 3 is 2.00 bits per heavy atom. The van der Waals surface area contributed by atoms with E-state index in [1.807, 2.05) is 11.3 Å². The van der Waals surface area contributed by atoms with E-state index in [9.17, 15) is 0 Å². The summed E-state index contributed by atoms with van der Waals surface area (Å²) in [4.78, 5) is 5.13. The lowest BCUT2D eigenvalue weighted by Gasteiger charge is -2.13. The molecule has 4 heteroatoms. The van der Waals surface area contributed by atoms with Gasteiger partial charge in [0.1, 0.15) is 0 Å². The van der Waals surface area contributed by atoms with Crippen LogP contribution in [-0.2, 0) is 0 Å². The zero-order valence-corrected chi connectivity index (χ0v) is 21.7. The summed E-state index contributed by atoms with van der Waals surface area (Å²) in [6.07, 6.45) is 2.07. The molecular weight excluding hydrogens is 494 g/mol. The zero-order valence-electron chi connectivity index (χ0n) is 20.9. The van der Waals surface area contributed by atoms with Crippen LogP contribution in [0.1, 0.15) is 0 Å². The molecule has 0 amide bonds. The molecule has 0 aliphatic carbocycles. The molecule has 0 saturated heterocycles. The van der Waals surface area contributed by atoms with Crippen LogP contribution in [-0.4, -0.2) is 14.1 Å². The van der Waals surface area contributed by atoms with Crippen molar-refractivity contribution in [2.24, 2.45) is 0 Å². The number of benzene rings is 5. The number of pyridine rings is 1. The second-order valence-corrected chi connectivity index (χ2v) is 11.1. The first-order chi connectivity index (χ1) is 19.4. The van der Waals surface area contributed by atoms with Crippen molar-refractivity contribution in [3.63, 3.8) is 0 Å². The van der Waals surface area contributed by atoms with Gasteiger partial charge in [-0.05, 0) is 36.4 Å². The Morgan fingerprint density at radius 1 is 0.487 bits per heavy atom. The first-order valence-corrected chi connectivity index (χ1v) is 14.0. The Bertz CT molecular complexity index is 2390. The average Bonchev–Trinajstić information content (AvgIpc) is 3.65. The number of nitrogens with zero attached hydrogens (tertiary/aromatic N) is 3. The lowest BCUT2D eigenvalue weighted by atomic mass is 10.1. The number of aromatic nitrogens is 3. The molecule has 39 heavy (non-hydrogen) atoms. The summed E-state index contributed by atoms with van der Waals surface area (Å²) < 4.78 is 7.47. The Morgan fingerprint density at radius 2 is 1.15 bits per heavy atom. The molecule has 0 atom stereocenters. The third-order valence-corrected chi connectivity index (χ3v) is 9.16. The van der Waals surface area contributed by atoms with Crippen LogP contribution < -0.4 is 0 Å². The molecule has 5 aromatic carbocycles. The highest BCUT2D eigenvalue weighted by Gasteiger charge is 2.23. The van der Waals surface area contributed by atoms with E-state index in [1.54, 1.807) is 0 Å². The van der Waals surface area contributed by atoms with Crippen LogP contribution >= 0.6 is 11.3 Å². The first kappa shape index (κ1) is 21.1. The Labute approximate surface area is 227 Å². The molecule has 0 saturated carbocycles. The minimum absolute atomic E-state index is 1.02. The van der Waals surface area contributed by atoms with Gasteiger partial charge in [0.05, 0.1) is 38.0 Å². The number of rotatable bonds is 2. The zero-order chi connectivity index (χ0) is 25.5. The maximum absolute atomic E-state index is 5.13. The monoisotopic (exact) mass is 515 g/mol. The lowest BCUT2D eigenvalue weighted by Crippen LogP contribution is -1.99. The summed E-state index contributed by atoms with van der Waals surface area (Å²) in [7, 11) is 0. The number of thiophene rings is 1. The van der Waals surface area contributed by atoms with Crippen molar-refractivity contribution in [2.45, 2.75) is 0 Å². The Kier molecular flexibility index (Phi) is 4.21. The van der Waals surface area contributed by atoms with E-state index < -0.39 is 0 Å². The van der Waals surface area contributed by atoms with E-state index in [-0.39, 0.29) is 0 Å². The molecule has 0 aliphatic heterocycles. The molecule has 0 radical (unpaired) electrons. The van der Waals surface area contributed by atoms with Crippen molar-refractivity contribution < 1.29 is 0 Å². The van der Waals surface area contributed by atoms with Gasteiger partial charge in [0.2, 0.25) is 0 Å². The number of fused-ring (bicyclic) bond motifs is 10. The van der Waals surface area contributed by atoms with Crippen molar-refractivity contribution in [1.29, 1.82) is 0 Å². The summed E-state index contributed by atoms with van der Waals surface area (Å²) in [6, 6.07) is 43.5. The summed E-state index contributed by atoms with van der Waals surface area (Å²) in [5.41, 5.74) is 8.04.